The second-order valence-corrected chi connectivity index (χ2v) is 9.56. The predicted molar refractivity (Wildman–Crippen MR) is 124 cm³/mol. The quantitative estimate of drug-likeness (QED) is 0.228. The van der Waals surface area contributed by atoms with Crippen LogP contribution in [0.15, 0.2) is 60.7 Å². The molecule has 2 heteroatoms. The van der Waals surface area contributed by atoms with Gasteiger partial charge in [0.1, 0.15) is 5.75 Å². The molecule has 1 heterocycles. The molecule has 0 N–H and O–H groups in total. The molecule has 0 aliphatic rings. The molecule has 0 bridgehead atoms. The standard InChI is InChI=1S/C26H29OS/c1-4-5-6-11-16-27-26-19(2)17-21(18-20(26)3)28-24-14-9-7-12-22(24)23-13-8-10-15-25(23)28/h7-10,12-15,17-18H,4-6,11,16H2,1-3H3/q+1. The van der Waals surface area contributed by atoms with Crippen LogP contribution in [0.5, 0.6) is 5.75 Å². The smallest absolute Gasteiger partial charge is 0.187 e. The number of ether oxygens (including phenoxy) is 1. The summed E-state index contributed by atoms with van der Waals surface area (Å²) in [6.45, 7) is 7.44. The SMILES string of the molecule is CCCCCCOc1c(C)cc(-[s+]2c3ccccc3c3ccccc32)cc1C. The molecule has 0 aliphatic heterocycles. The summed E-state index contributed by atoms with van der Waals surface area (Å²) in [6, 6.07) is 22.4. The van der Waals surface area contributed by atoms with Gasteiger partial charge in [0.25, 0.3) is 0 Å². The van der Waals surface area contributed by atoms with Crippen molar-refractivity contribution in [3.8, 4) is 10.6 Å². The Hall–Kier alpha value is -2.32. The molecule has 4 aromatic rings. The molecular formula is C26H29OS+. The van der Waals surface area contributed by atoms with Crippen LogP contribution in [0, 0.1) is 13.8 Å². The summed E-state index contributed by atoms with van der Waals surface area (Å²) >= 11 is 0. The first-order valence-corrected chi connectivity index (χ1v) is 11.6. The van der Waals surface area contributed by atoms with Crippen LogP contribution in [0.2, 0.25) is 0 Å². The monoisotopic (exact) mass is 389 g/mol. The van der Waals surface area contributed by atoms with E-state index in [1.165, 1.54) is 55.5 Å². The fraction of sp³-hybridized carbons (Fsp3) is 0.308. The molecule has 0 amide bonds. The summed E-state index contributed by atoms with van der Waals surface area (Å²) in [5, 5.41) is 2.76. The molecule has 0 radical (unpaired) electrons. The third kappa shape index (κ3) is 3.54. The van der Waals surface area contributed by atoms with Crippen molar-refractivity contribution in [2.24, 2.45) is 0 Å². The first-order valence-electron chi connectivity index (χ1n) is 10.4. The van der Waals surface area contributed by atoms with Crippen molar-refractivity contribution in [1.29, 1.82) is 0 Å². The largest absolute Gasteiger partial charge is 0.493 e. The minimum absolute atomic E-state index is 0.0350. The number of hydrogen-bond acceptors (Lipinski definition) is 1. The Labute approximate surface area is 170 Å². The van der Waals surface area contributed by atoms with Gasteiger partial charge in [0.15, 0.2) is 14.3 Å². The second-order valence-electron chi connectivity index (χ2n) is 7.59. The molecule has 4 rings (SSSR count). The highest BCUT2D eigenvalue weighted by molar-refractivity contribution is 7.50. The molecule has 0 spiro atoms. The molecule has 0 unspecified atom stereocenters. The van der Waals surface area contributed by atoms with Crippen LogP contribution in [-0.2, 0) is 0 Å². The first kappa shape index (κ1) is 19.0. The average molecular weight is 390 g/mol. The van der Waals surface area contributed by atoms with Gasteiger partial charge in [-0.05, 0) is 55.7 Å². The molecule has 0 fully saturated rings. The third-order valence-corrected chi connectivity index (χ3v) is 7.72. The highest BCUT2D eigenvalue weighted by Gasteiger charge is 2.24. The van der Waals surface area contributed by atoms with E-state index in [1.807, 2.05) is 0 Å². The zero-order chi connectivity index (χ0) is 19.5. The molecule has 0 saturated heterocycles. The van der Waals surface area contributed by atoms with Gasteiger partial charge in [-0.15, -0.1) is 0 Å². The van der Waals surface area contributed by atoms with Crippen molar-refractivity contribution in [3.63, 3.8) is 0 Å². The molecule has 1 aromatic heterocycles. The van der Waals surface area contributed by atoms with Gasteiger partial charge in [-0.25, -0.2) is 0 Å². The van der Waals surface area contributed by atoms with Crippen LogP contribution in [-0.4, -0.2) is 6.61 Å². The van der Waals surface area contributed by atoms with Crippen LogP contribution in [0.1, 0.15) is 43.7 Å². The first-order chi connectivity index (χ1) is 13.7. The predicted octanol–water partition coefficient (Wildman–Crippen LogP) is 8.31. The molecule has 28 heavy (non-hydrogen) atoms. The minimum Gasteiger partial charge on any atom is -0.493 e. The van der Waals surface area contributed by atoms with Gasteiger partial charge >= 0.3 is 0 Å². The van der Waals surface area contributed by atoms with Gasteiger partial charge in [-0.3, -0.25) is 0 Å². The van der Waals surface area contributed by atoms with Crippen LogP contribution in [0.3, 0.4) is 0 Å². The highest BCUT2D eigenvalue weighted by Crippen LogP contribution is 2.49. The number of thiophene rings is 1. The molecule has 1 nitrogen and oxygen atoms in total. The Morgan fingerprint density at radius 2 is 1.32 bits per heavy atom. The minimum atomic E-state index is -0.0350. The molecule has 0 aliphatic carbocycles. The van der Waals surface area contributed by atoms with E-state index in [9.17, 15) is 0 Å². The average Bonchev–Trinajstić information content (AvgIpc) is 3.04. The van der Waals surface area contributed by atoms with E-state index in [1.54, 1.807) is 0 Å². The van der Waals surface area contributed by atoms with E-state index < -0.39 is 0 Å². The zero-order valence-electron chi connectivity index (χ0n) is 17.1. The summed E-state index contributed by atoms with van der Waals surface area (Å²) in [5.74, 6) is 1.07. The van der Waals surface area contributed by atoms with Crippen LogP contribution < -0.4 is 4.74 Å². The van der Waals surface area contributed by atoms with Crippen molar-refractivity contribution in [2.75, 3.05) is 6.61 Å². The second kappa shape index (κ2) is 8.36. The van der Waals surface area contributed by atoms with Gasteiger partial charge in [-0.2, -0.15) is 0 Å². The maximum atomic E-state index is 6.17. The zero-order valence-corrected chi connectivity index (χ0v) is 17.9. The lowest BCUT2D eigenvalue weighted by Gasteiger charge is -2.12. The lowest BCUT2D eigenvalue weighted by Crippen LogP contribution is -2.00. The summed E-state index contributed by atoms with van der Waals surface area (Å²) < 4.78 is 9.05. The number of benzene rings is 3. The Balaban J connectivity index is 1.74. The number of aryl methyl sites for hydroxylation is 2. The molecule has 144 valence electrons. The lowest BCUT2D eigenvalue weighted by molar-refractivity contribution is 0.301. The van der Waals surface area contributed by atoms with E-state index in [4.69, 9.17) is 4.74 Å². The van der Waals surface area contributed by atoms with Crippen LogP contribution in [0.4, 0.5) is 0 Å². The van der Waals surface area contributed by atoms with Crippen molar-refractivity contribution in [1.82, 2.24) is 0 Å². The van der Waals surface area contributed by atoms with E-state index in [-0.39, 0.29) is 10.5 Å². The fourth-order valence-corrected chi connectivity index (χ4v) is 6.63. The maximum absolute atomic E-state index is 6.17. The molecule has 0 saturated carbocycles. The number of hydrogen-bond donors (Lipinski definition) is 0. The van der Waals surface area contributed by atoms with Gasteiger partial charge in [0.05, 0.1) is 6.61 Å². The lowest BCUT2D eigenvalue weighted by atomic mass is 10.1. The Bertz CT molecular complexity index is 1030. The van der Waals surface area contributed by atoms with Crippen molar-refractivity contribution >= 4 is 30.6 Å². The summed E-state index contributed by atoms with van der Waals surface area (Å²) in [5.41, 5.74) is 2.50. The summed E-state index contributed by atoms with van der Waals surface area (Å²) in [6.07, 6.45) is 4.95. The summed E-state index contributed by atoms with van der Waals surface area (Å²) in [4.78, 5) is 1.39. The number of fused-ring (bicyclic) bond motifs is 3. The number of unbranched alkanes of at least 4 members (excludes halogenated alkanes) is 3. The van der Waals surface area contributed by atoms with Crippen molar-refractivity contribution in [2.45, 2.75) is 46.5 Å². The van der Waals surface area contributed by atoms with E-state index in [0.717, 1.165) is 18.8 Å². The normalized spacial score (nSPS) is 11.4. The molecule has 3 aromatic carbocycles. The third-order valence-electron chi connectivity index (χ3n) is 5.42. The van der Waals surface area contributed by atoms with Crippen LogP contribution in [0.25, 0.3) is 25.1 Å². The Morgan fingerprint density at radius 1 is 0.750 bits per heavy atom. The molecular weight excluding hydrogens is 360 g/mol. The fourth-order valence-electron chi connectivity index (χ4n) is 4.07. The van der Waals surface area contributed by atoms with E-state index in [2.05, 4.69) is 81.4 Å². The van der Waals surface area contributed by atoms with Crippen molar-refractivity contribution in [3.05, 3.63) is 71.8 Å². The summed E-state index contributed by atoms with van der Waals surface area (Å²) in [7, 11) is -0.0350. The highest BCUT2D eigenvalue weighted by atomic mass is 32.2. The molecule has 0 atom stereocenters. The Morgan fingerprint density at radius 3 is 1.89 bits per heavy atom. The topological polar surface area (TPSA) is 9.23 Å². The maximum Gasteiger partial charge on any atom is 0.187 e. The Kier molecular flexibility index (Phi) is 5.68. The van der Waals surface area contributed by atoms with E-state index >= 15 is 0 Å². The van der Waals surface area contributed by atoms with Gasteiger partial charge < -0.3 is 4.74 Å². The van der Waals surface area contributed by atoms with E-state index in [0.29, 0.717) is 0 Å². The van der Waals surface area contributed by atoms with Gasteiger partial charge in [0.2, 0.25) is 0 Å². The van der Waals surface area contributed by atoms with Crippen molar-refractivity contribution < 1.29 is 4.74 Å². The van der Waals surface area contributed by atoms with Crippen LogP contribution >= 0.6 is 10.5 Å². The van der Waals surface area contributed by atoms with Gasteiger partial charge in [0, 0.05) is 33.4 Å². The number of rotatable bonds is 7. The van der Waals surface area contributed by atoms with Gasteiger partial charge in [-0.1, -0.05) is 50.5 Å².